The van der Waals surface area contributed by atoms with Gasteiger partial charge in [0.1, 0.15) is 11.5 Å². The van der Waals surface area contributed by atoms with Crippen molar-refractivity contribution in [2.24, 2.45) is 5.92 Å². The molecule has 2 aliphatic heterocycles. The first-order valence-corrected chi connectivity index (χ1v) is 12.9. The van der Waals surface area contributed by atoms with Crippen molar-refractivity contribution in [1.29, 1.82) is 0 Å². The molecule has 2 aromatic rings. The molecule has 4 rings (SSSR count). The second-order valence-electron chi connectivity index (χ2n) is 8.29. The van der Waals surface area contributed by atoms with Crippen molar-refractivity contribution in [3.05, 3.63) is 42.5 Å². The van der Waals surface area contributed by atoms with Gasteiger partial charge in [-0.1, -0.05) is 6.92 Å². The van der Waals surface area contributed by atoms with Crippen molar-refractivity contribution in [2.75, 3.05) is 30.3 Å². The molecule has 0 radical (unpaired) electrons. The molecule has 0 saturated carbocycles. The van der Waals surface area contributed by atoms with Gasteiger partial charge in [-0.05, 0) is 68.7 Å². The van der Waals surface area contributed by atoms with Gasteiger partial charge in [0.05, 0.1) is 17.2 Å². The minimum Gasteiger partial charge on any atom is -0.494 e. The predicted molar refractivity (Wildman–Crippen MR) is 128 cm³/mol. The Labute approximate surface area is 199 Å². The summed E-state index contributed by atoms with van der Waals surface area (Å²) in [6, 6.07) is 11.6. The first-order chi connectivity index (χ1) is 16.3. The van der Waals surface area contributed by atoms with Crippen LogP contribution in [0, 0.1) is 5.92 Å². The number of hydrogen-bond acceptors (Lipinski definition) is 6. The number of piperidine rings is 1. The molecule has 1 atom stereocenters. The lowest BCUT2D eigenvalue weighted by molar-refractivity contribution is -0.123. The molecule has 1 fully saturated rings. The molecule has 0 aliphatic carbocycles. The van der Waals surface area contributed by atoms with Gasteiger partial charge in [-0.15, -0.1) is 0 Å². The number of hydrogen-bond donors (Lipinski definition) is 2. The van der Waals surface area contributed by atoms with E-state index in [9.17, 15) is 18.0 Å². The SMILES string of the molecule is CCOc1ccc(NC(=O)C2CCN(S(=O)(=O)c3ccc4c(c3)NC(=O)[C@@H](CC)O4)CC2)cc1. The van der Waals surface area contributed by atoms with E-state index in [1.54, 1.807) is 30.3 Å². The quantitative estimate of drug-likeness (QED) is 0.620. The molecule has 0 aromatic heterocycles. The van der Waals surface area contributed by atoms with E-state index in [1.807, 2.05) is 13.8 Å². The fraction of sp³-hybridized carbons (Fsp3) is 0.417. The summed E-state index contributed by atoms with van der Waals surface area (Å²) in [5, 5.41) is 5.62. The van der Waals surface area contributed by atoms with E-state index < -0.39 is 16.1 Å². The smallest absolute Gasteiger partial charge is 0.265 e. The van der Waals surface area contributed by atoms with E-state index >= 15 is 0 Å². The van der Waals surface area contributed by atoms with E-state index in [-0.39, 0.29) is 35.7 Å². The Bertz CT molecular complexity index is 1160. The number of benzene rings is 2. The number of carbonyl (C=O) groups excluding carboxylic acids is 2. The molecule has 2 N–H and O–H groups in total. The fourth-order valence-corrected chi connectivity index (χ4v) is 5.61. The van der Waals surface area contributed by atoms with Crippen molar-refractivity contribution in [1.82, 2.24) is 4.31 Å². The Balaban J connectivity index is 1.37. The first-order valence-electron chi connectivity index (χ1n) is 11.5. The van der Waals surface area contributed by atoms with Gasteiger partial charge >= 0.3 is 0 Å². The number of sulfonamides is 1. The first kappa shape index (κ1) is 24.0. The molecule has 2 amide bonds. The summed E-state index contributed by atoms with van der Waals surface area (Å²) in [4.78, 5) is 24.9. The van der Waals surface area contributed by atoms with E-state index in [0.29, 0.717) is 43.0 Å². The van der Waals surface area contributed by atoms with Gasteiger partial charge in [-0.25, -0.2) is 8.42 Å². The topological polar surface area (TPSA) is 114 Å². The third-order valence-corrected chi connectivity index (χ3v) is 7.93. The minimum atomic E-state index is -3.77. The zero-order chi connectivity index (χ0) is 24.3. The highest BCUT2D eigenvalue weighted by Crippen LogP contribution is 2.34. The minimum absolute atomic E-state index is 0.0855. The molecular formula is C24H29N3O6S. The Morgan fingerprint density at radius 1 is 1.15 bits per heavy atom. The molecule has 10 heteroatoms. The molecule has 182 valence electrons. The van der Waals surface area contributed by atoms with Crippen molar-refractivity contribution in [3.63, 3.8) is 0 Å². The average Bonchev–Trinajstić information content (AvgIpc) is 2.84. The second kappa shape index (κ2) is 10.0. The monoisotopic (exact) mass is 487 g/mol. The number of nitrogens with one attached hydrogen (secondary N) is 2. The number of amides is 2. The Hall–Kier alpha value is -3.11. The second-order valence-corrected chi connectivity index (χ2v) is 10.2. The van der Waals surface area contributed by atoms with Crippen molar-refractivity contribution in [3.8, 4) is 11.5 Å². The van der Waals surface area contributed by atoms with Gasteiger partial charge in [0, 0.05) is 24.7 Å². The zero-order valence-electron chi connectivity index (χ0n) is 19.2. The van der Waals surface area contributed by atoms with Crippen LogP contribution in [0.25, 0.3) is 0 Å². The Kier molecular flexibility index (Phi) is 7.08. The van der Waals surface area contributed by atoms with Crippen LogP contribution in [-0.2, 0) is 19.6 Å². The molecule has 1 saturated heterocycles. The van der Waals surface area contributed by atoms with Gasteiger partial charge in [0.2, 0.25) is 15.9 Å². The maximum absolute atomic E-state index is 13.2. The van der Waals surface area contributed by atoms with Gasteiger partial charge in [0.25, 0.3) is 5.91 Å². The van der Waals surface area contributed by atoms with Gasteiger partial charge in [-0.3, -0.25) is 9.59 Å². The van der Waals surface area contributed by atoms with Crippen LogP contribution in [-0.4, -0.2) is 50.3 Å². The Morgan fingerprint density at radius 3 is 2.50 bits per heavy atom. The summed E-state index contributed by atoms with van der Waals surface area (Å²) < 4.78 is 38.8. The lowest BCUT2D eigenvalue weighted by Gasteiger charge is -2.31. The fourth-order valence-electron chi connectivity index (χ4n) is 4.11. The van der Waals surface area contributed by atoms with Crippen LogP contribution in [0.15, 0.2) is 47.4 Å². The number of fused-ring (bicyclic) bond motifs is 1. The lowest BCUT2D eigenvalue weighted by Crippen LogP contribution is -2.41. The maximum atomic E-state index is 13.2. The van der Waals surface area contributed by atoms with Crippen LogP contribution >= 0.6 is 0 Å². The summed E-state index contributed by atoms with van der Waals surface area (Å²) in [6.45, 7) is 4.79. The predicted octanol–water partition coefficient (Wildman–Crippen LogP) is 3.23. The highest BCUT2D eigenvalue weighted by molar-refractivity contribution is 7.89. The van der Waals surface area contributed by atoms with Crippen molar-refractivity contribution >= 4 is 33.2 Å². The molecule has 0 unspecified atom stereocenters. The van der Waals surface area contributed by atoms with Crippen molar-refractivity contribution < 1.29 is 27.5 Å². The van der Waals surface area contributed by atoms with Crippen LogP contribution in [0.1, 0.15) is 33.1 Å². The molecule has 2 aromatic carbocycles. The van der Waals surface area contributed by atoms with Crippen LogP contribution < -0.4 is 20.1 Å². The maximum Gasteiger partial charge on any atom is 0.265 e. The summed E-state index contributed by atoms with van der Waals surface area (Å²) in [5.41, 5.74) is 1.02. The number of carbonyl (C=O) groups is 2. The lowest BCUT2D eigenvalue weighted by atomic mass is 9.97. The van der Waals surface area contributed by atoms with E-state index in [4.69, 9.17) is 9.47 Å². The number of anilines is 2. The standard InChI is InChI=1S/C24H29N3O6S/c1-3-21-24(29)26-20-15-19(9-10-22(20)33-21)34(30,31)27-13-11-16(12-14-27)23(28)25-17-5-7-18(8-6-17)32-4-2/h5-10,15-16,21H,3-4,11-14H2,1-2H3,(H,25,28)(H,26,29)/t21-/m1/s1. The van der Waals surface area contributed by atoms with Crippen LogP contribution in [0.5, 0.6) is 11.5 Å². The van der Waals surface area contributed by atoms with Gasteiger partial charge in [-0.2, -0.15) is 4.31 Å². The number of nitrogens with zero attached hydrogens (tertiary/aromatic N) is 1. The molecule has 2 heterocycles. The van der Waals surface area contributed by atoms with Gasteiger partial charge < -0.3 is 20.1 Å². The molecule has 9 nitrogen and oxygen atoms in total. The summed E-state index contributed by atoms with van der Waals surface area (Å²) in [6.07, 6.45) is 0.783. The van der Waals surface area contributed by atoms with E-state index in [1.165, 1.54) is 16.4 Å². The third-order valence-electron chi connectivity index (χ3n) is 6.04. The number of ether oxygens (including phenoxy) is 2. The largest absolute Gasteiger partial charge is 0.494 e. The summed E-state index contributed by atoms with van der Waals surface area (Å²) in [7, 11) is -3.77. The summed E-state index contributed by atoms with van der Waals surface area (Å²) >= 11 is 0. The highest BCUT2D eigenvalue weighted by atomic mass is 32.2. The van der Waals surface area contributed by atoms with E-state index in [0.717, 1.165) is 5.75 Å². The number of rotatable bonds is 7. The molecule has 34 heavy (non-hydrogen) atoms. The summed E-state index contributed by atoms with van der Waals surface area (Å²) in [5.74, 6) is 0.497. The normalized spacial score (nSPS) is 19.0. The van der Waals surface area contributed by atoms with Crippen LogP contribution in [0.3, 0.4) is 0 Å². The van der Waals surface area contributed by atoms with E-state index in [2.05, 4.69) is 10.6 Å². The van der Waals surface area contributed by atoms with Crippen LogP contribution in [0.4, 0.5) is 11.4 Å². The molecule has 0 spiro atoms. The molecule has 0 bridgehead atoms. The average molecular weight is 488 g/mol. The molecular weight excluding hydrogens is 458 g/mol. The van der Waals surface area contributed by atoms with Gasteiger partial charge in [0.15, 0.2) is 6.10 Å². The highest BCUT2D eigenvalue weighted by Gasteiger charge is 2.33. The Morgan fingerprint density at radius 2 is 1.85 bits per heavy atom. The molecule has 2 aliphatic rings. The zero-order valence-corrected chi connectivity index (χ0v) is 20.1. The van der Waals surface area contributed by atoms with Crippen LogP contribution in [0.2, 0.25) is 0 Å². The third kappa shape index (κ3) is 5.02. The van der Waals surface area contributed by atoms with Crippen molar-refractivity contribution in [2.45, 2.75) is 44.1 Å².